The average Bonchev–Trinajstić information content (AvgIpc) is 2.43. The van der Waals surface area contributed by atoms with E-state index in [0.29, 0.717) is 25.3 Å². The number of nitrogens with zero attached hydrogens (tertiary/aromatic N) is 2. The van der Waals surface area contributed by atoms with E-state index in [1.807, 2.05) is 0 Å². The molecule has 3 rings (SSSR count). The summed E-state index contributed by atoms with van der Waals surface area (Å²) in [6.07, 6.45) is 8.00. The number of likely N-dealkylation sites (tertiary alicyclic amines) is 1. The number of carbonyl (C=O) groups excluding carboxylic acids is 2. The van der Waals surface area contributed by atoms with Crippen LogP contribution in [0.15, 0.2) is 0 Å². The van der Waals surface area contributed by atoms with Gasteiger partial charge in [-0.25, -0.2) is 0 Å². The summed E-state index contributed by atoms with van der Waals surface area (Å²) in [7, 11) is 0. The van der Waals surface area contributed by atoms with Crippen LogP contribution in [0.2, 0.25) is 0 Å². The molecule has 3 aliphatic rings. The Morgan fingerprint density at radius 1 is 1.05 bits per heavy atom. The van der Waals surface area contributed by atoms with Crippen LogP contribution in [0.4, 0.5) is 0 Å². The second-order valence-corrected chi connectivity index (χ2v) is 6.89. The van der Waals surface area contributed by atoms with E-state index in [1.165, 1.54) is 38.8 Å². The van der Waals surface area contributed by atoms with Crippen molar-refractivity contribution >= 4 is 11.8 Å². The van der Waals surface area contributed by atoms with E-state index in [2.05, 4.69) is 11.8 Å². The van der Waals surface area contributed by atoms with Crippen LogP contribution in [0.1, 0.15) is 58.3 Å². The third-order valence-electron chi connectivity index (χ3n) is 5.73. The summed E-state index contributed by atoms with van der Waals surface area (Å²) >= 11 is 0. The van der Waals surface area contributed by atoms with Crippen molar-refractivity contribution in [2.24, 2.45) is 5.92 Å². The van der Waals surface area contributed by atoms with Gasteiger partial charge in [0.15, 0.2) is 0 Å². The topological polar surface area (TPSA) is 40.6 Å². The second kappa shape index (κ2) is 5.47. The van der Waals surface area contributed by atoms with Crippen LogP contribution in [-0.2, 0) is 9.59 Å². The lowest BCUT2D eigenvalue weighted by atomic mass is 9.72. The fourth-order valence-electron chi connectivity index (χ4n) is 4.38. The first-order valence-corrected chi connectivity index (χ1v) is 8.19. The fourth-order valence-corrected chi connectivity index (χ4v) is 4.38. The van der Waals surface area contributed by atoms with Gasteiger partial charge >= 0.3 is 0 Å². The van der Waals surface area contributed by atoms with E-state index < -0.39 is 0 Å². The molecule has 0 saturated carbocycles. The van der Waals surface area contributed by atoms with Gasteiger partial charge in [-0.15, -0.1) is 0 Å². The van der Waals surface area contributed by atoms with Crippen LogP contribution in [0.5, 0.6) is 0 Å². The average molecular weight is 278 g/mol. The van der Waals surface area contributed by atoms with Crippen molar-refractivity contribution in [1.29, 1.82) is 0 Å². The third-order valence-corrected chi connectivity index (χ3v) is 5.73. The first-order valence-electron chi connectivity index (χ1n) is 8.19. The van der Waals surface area contributed by atoms with Gasteiger partial charge in [-0.3, -0.25) is 19.4 Å². The molecule has 0 spiro atoms. The van der Waals surface area contributed by atoms with Gasteiger partial charge in [0.1, 0.15) is 0 Å². The summed E-state index contributed by atoms with van der Waals surface area (Å²) in [6.45, 7) is 5.39. The van der Waals surface area contributed by atoms with Crippen LogP contribution in [0.25, 0.3) is 0 Å². The molecule has 3 heterocycles. The summed E-state index contributed by atoms with van der Waals surface area (Å²) in [4.78, 5) is 28.3. The van der Waals surface area contributed by atoms with E-state index in [0.717, 1.165) is 12.8 Å². The van der Waals surface area contributed by atoms with E-state index in [-0.39, 0.29) is 17.4 Å². The minimum absolute atomic E-state index is 0.0535. The second-order valence-electron chi connectivity index (χ2n) is 6.89. The summed E-state index contributed by atoms with van der Waals surface area (Å²) in [5.41, 5.74) is 0.203. The smallest absolute Gasteiger partial charge is 0.229 e. The standard InChI is InChI=1S/C16H26N2O2/c1-16-9-2-3-10-17(16)11-5-6-13(16)12-18-14(19)7-4-8-15(18)20/h13H,2-12H2,1H3. The number of hydrogen-bond donors (Lipinski definition) is 0. The molecule has 3 aliphatic heterocycles. The van der Waals surface area contributed by atoms with Crippen molar-refractivity contribution in [2.75, 3.05) is 19.6 Å². The van der Waals surface area contributed by atoms with Crippen molar-refractivity contribution in [1.82, 2.24) is 9.80 Å². The molecule has 3 fully saturated rings. The molecule has 2 atom stereocenters. The largest absolute Gasteiger partial charge is 0.298 e. The highest BCUT2D eigenvalue weighted by Gasteiger charge is 2.45. The molecule has 4 heteroatoms. The lowest BCUT2D eigenvalue weighted by Crippen LogP contribution is -2.60. The molecule has 0 aliphatic carbocycles. The third kappa shape index (κ3) is 2.39. The highest BCUT2D eigenvalue weighted by molar-refractivity contribution is 5.97. The minimum Gasteiger partial charge on any atom is -0.298 e. The highest BCUT2D eigenvalue weighted by Crippen LogP contribution is 2.41. The van der Waals surface area contributed by atoms with Crippen molar-refractivity contribution in [3.63, 3.8) is 0 Å². The molecule has 0 radical (unpaired) electrons. The maximum Gasteiger partial charge on any atom is 0.229 e. The molecule has 4 nitrogen and oxygen atoms in total. The van der Waals surface area contributed by atoms with Crippen molar-refractivity contribution in [3.05, 3.63) is 0 Å². The summed E-state index contributed by atoms with van der Waals surface area (Å²) in [5, 5.41) is 0. The molecule has 112 valence electrons. The van der Waals surface area contributed by atoms with Crippen LogP contribution in [-0.4, -0.2) is 46.8 Å². The normalized spacial score (nSPS) is 36.0. The predicted octanol–water partition coefficient (Wildman–Crippen LogP) is 2.18. The minimum atomic E-state index is 0.0535. The Morgan fingerprint density at radius 3 is 2.50 bits per heavy atom. The number of fused-ring (bicyclic) bond motifs is 1. The van der Waals surface area contributed by atoms with Gasteiger partial charge in [0, 0.05) is 24.9 Å². The first-order chi connectivity index (χ1) is 9.61. The zero-order valence-corrected chi connectivity index (χ0v) is 12.6. The molecule has 2 amide bonds. The summed E-state index contributed by atoms with van der Waals surface area (Å²) < 4.78 is 0. The van der Waals surface area contributed by atoms with E-state index in [4.69, 9.17) is 0 Å². The van der Waals surface area contributed by atoms with Crippen LogP contribution in [0.3, 0.4) is 0 Å². The van der Waals surface area contributed by atoms with E-state index >= 15 is 0 Å². The van der Waals surface area contributed by atoms with Crippen molar-refractivity contribution in [3.8, 4) is 0 Å². The maximum absolute atomic E-state index is 12.0. The number of rotatable bonds is 2. The monoisotopic (exact) mass is 278 g/mol. The number of piperidine rings is 3. The van der Waals surface area contributed by atoms with Gasteiger partial charge in [-0.05, 0) is 58.0 Å². The molecule has 2 unspecified atom stereocenters. The van der Waals surface area contributed by atoms with Crippen molar-refractivity contribution < 1.29 is 9.59 Å². The molecule has 0 aromatic heterocycles. The van der Waals surface area contributed by atoms with Crippen molar-refractivity contribution in [2.45, 2.75) is 63.8 Å². The van der Waals surface area contributed by atoms with Crippen LogP contribution >= 0.6 is 0 Å². The lowest BCUT2D eigenvalue weighted by molar-refractivity contribution is -0.150. The Morgan fingerprint density at radius 2 is 1.75 bits per heavy atom. The quantitative estimate of drug-likeness (QED) is 0.727. The molecular weight excluding hydrogens is 252 g/mol. The number of imide groups is 1. The van der Waals surface area contributed by atoms with Gasteiger partial charge in [0.25, 0.3) is 0 Å². The molecule has 0 aromatic rings. The molecule has 0 aromatic carbocycles. The summed E-state index contributed by atoms with van der Waals surface area (Å²) in [6, 6.07) is 0. The van der Waals surface area contributed by atoms with E-state index in [1.54, 1.807) is 4.90 Å². The molecule has 0 bridgehead atoms. The van der Waals surface area contributed by atoms with Gasteiger partial charge in [0.05, 0.1) is 0 Å². The Balaban J connectivity index is 1.74. The first kappa shape index (κ1) is 14.1. The number of carbonyl (C=O) groups is 2. The Hall–Kier alpha value is -0.900. The van der Waals surface area contributed by atoms with Crippen LogP contribution in [0, 0.1) is 5.92 Å². The highest BCUT2D eigenvalue weighted by atomic mass is 16.2. The van der Waals surface area contributed by atoms with Gasteiger partial charge in [0.2, 0.25) is 11.8 Å². The van der Waals surface area contributed by atoms with Gasteiger partial charge in [-0.2, -0.15) is 0 Å². The Bertz CT molecular complexity index is 391. The molecule has 3 saturated heterocycles. The van der Waals surface area contributed by atoms with Crippen LogP contribution < -0.4 is 0 Å². The predicted molar refractivity (Wildman–Crippen MR) is 77.1 cm³/mol. The van der Waals surface area contributed by atoms with Gasteiger partial charge < -0.3 is 0 Å². The SMILES string of the molecule is CC12CCCCN1CCCC2CN1C(=O)CCCC1=O. The fraction of sp³-hybridized carbons (Fsp3) is 0.875. The number of amides is 2. The summed E-state index contributed by atoms with van der Waals surface area (Å²) in [5.74, 6) is 0.568. The zero-order chi connectivity index (χ0) is 14.2. The molecular formula is C16H26N2O2. The Labute approximate surface area is 121 Å². The van der Waals surface area contributed by atoms with Gasteiger partial charge in [-0.1, -0.05) is 6.42 Å². The van der Waals surface area contributed by atoms with E-state index in [9.17, 15) is 9.59 Å². The Kier molecular flexibility index (Phi) is 3.85. The number of hydrogen-bond acceptors (Lipinski definition) is 3. The molecule has 20 heavy (non-hydrogen) atoms. The molecule has 0 N–H and O–H groups in total. The maximum atomic E-state index is 12.0. The lowest BCUT2D eigenvalue weighted by Gasteiger charge is -2.54. The zero-order valence-electron chi connectivity index (χ0n) is 12.6.